The number of nitrogens with zero attached hydrogens (tertiary/aromatic N) is 3. The van der Waals surface area contributed by atoms with Crippen LogP contribution in [-0.4, -0.2) is 38.7 Å². The Morgan fingerprint density at radius 1 is 1.42 bits per heavy atom. The topological polar surface area (TPSA) is 80.0 Å². The summed E-state index contributed by atoms with van der Waals surface area (Å²) in [5, 5.41) is 19.7. The molecule has 1 heterocycles. The number of hydrogen-bond acceptors (Lipinski definition) is 4. The molecule has 6 nitrogen and oxygen atoms in total. The van der Waals surface area contributed by atoms with Crippen LogP contribution in [-0.2, 0) is 6.54 Å². The summed E-state index contributed by atoms with van der Waals surface area (Å²) in [6.07, 6.45) is 5.24. The Hall–Kier alpha value is -1.43. The van der Waals surface area contributed by atoms with Crippen molar-refractivity contribution in [1.29, 1.82) is 0 Å². The van der Waals surface area contributed by atoms with Crippen LogP contribution in [0.2, 0.25) is 0 Å². The Labute approximate surface area is 113 Å². The zero-order chi connectivity index (χ0) is 13.8. The van der Waals surface area contributed by atoms with E-state index in [4.69, 9.17) is 5.11 Å². The van der Waals surface area contributed by atoms with Crippen LogP contribution < -0.4 is 5.32 Å². The van der Waals surface area contributed by atoms with Gasteiger partial charge in [-0.2, -0.15) is 0 Å². The molecule has 2 atom stereocenters. The molecule has 0 aliphatic heterocycles. The number of rotatable bonds is 5. The third kappa shape index (κ3) is 4.02. The van der Waals surface area contributed by atoms with Crippen molar-refractivity contribution in [3.63, 3.8) is 0 Å². The lowest BCUT2D eigenvalue weighted by Crippen LogP contribution is -2.38. The fraction of sp³-hybridized carbons (Fsp3) is 0.769. The van der Waals surface area contributed by atoms with E-state index in [0.29, 0.717) is 12.6 Å². The number of carboxylic acid groups (broad SMARTS) is 1. The van der Waals surface area contributed by atoms with E-state index in [-0.39, 0.29) is 5.69 Å². The summed E-state index contributed by atoms with van der Waals surface area (Å²) < 4.78 is 1.58. The molecule has 0 aromatic carbocycles. The monoisotopic (exact) mass is 266 g/mol. The van der Waals surface area contributed by atoms with Gasteiger partial charge in [-0.05, 0) is 31.1 Å². The second kappa shape index (κ2) is 6.14. The zero-order valence-corrected chi connectivity index (χ0v) is 11.5. The third-order valence-corrected chi connectivity index (χ3v) is 3.71. The van der Waals surface area contributed by atoms with Crippen molar-refractivity contribution >= 4 is 5.97 Å². The molecule has 1 aliphatic carbocycles. The molecular formula is C13H22N4O2. The summed E-state index contributed by atoms with van der Waals surface area (Å²) >= 11 is 0. The number of nitrogens with one attached hydrogen (secondary N) is 1. The first kappa shape index (κ1) is 14.0. The molecule has 0 amide bonds. The molecule has 2 unspecified atom stereocenters. The van der Waals surface area contributed by atoms with Crippen LogP contribution in [0, 0.1) is 11.8 Å². The predicted molar refractivity (Wildman–Crippen MR) is 71.0 cm³/mol. The first-order chi connectivity index (χ1) is 9.04. The summed E-state index contributed by atoms with van der Waals surface area (Å²) in [7, 11) is 0. The minimum Gasteiger partial charge on any atom is -0.476 e. The van der Waals surface area contributed by atoms with Crippen molar-refractivity contribution in [2.75, 3.05) is 6.54 Å². The molecule has 0 bridgehead atoms. The fourth-order valence-electron chi connectivity index (χ4n) is 3.00. The summed E-state index contributed by atoms with van der Waals surface area (Å²) in [5.74, 6) is 0.534. The summed E-state index contributed by atoms with van der Waals surface area (Å²) in [5.41, 5.74) is -0.0000826. The molecule has 1 aliphatic rings. The minimum absolute atomic E-state index is 0.0000826. The molecule has 0 saturated heterocycles. The van der Waals surface area contributed by atoms with E-state index < -0.39 is 5.97 Å². The maximum absolute atomic E-state index is 10.7. The first-order valence-electron chi connectivity index (χ1n) is 6.91. The molecule has 1 aromatic heterocycles. The van der Waals surface area contributed by atoms with Crippen LogP contribution in [0.4, 0.5) is 0 Å². The van der Waals surface area contributed by atoms with Crippen LogP contribution in [0.5, 0.6) is 0 Å². The van der Waals surface area contributed by atoms with Crippen molar-refractivity contribution in [2.45, 2.75) is 45.7 Å². The van der Waals surface area contributed by atoms with Gasteiger partial charge in [-0.3, -0.25) is 4.68 Å². The van der Waals surface area contributed by atoms with E-state index in [1.807, 2.05) is 0 Å². The lowest BCUT2D eigenvalue weighted by atomic mass is 9.80. The molecule has 0 spiro atoms. The molecule has 0 radical (unpaired) electrons. The first-order valence-corrected chi connectivity index (χ1v) is 6.91. The number of carbonyl (C=O) groups is 1. The van der Waals surface area contributed by atoms with E-state index in [2.05, 4.69) is 29.5 Å². The van der Waals surface area contributed by atoms with E-state index >= 15 is 0 Å². The van der Waals surface area contributed by atoms with E-state index in [1.54, 1.807) is 4.68 Å². The fourth-order valence-corrected chi connectivity index (χ4v) is 3.00. The van der Waals surface area contributed by atoms with Crippen molar-refractivity contribution in [3.8, 4) is 0 Å². The standard InChI is InChI=1S/C13H22N4O2/c1-9-5-10(2)7-11(6-9)14-3-4-17-8-12(13(18)19)15-16-17/h8-11,14H,3-7H2,1-2H3,(H,18,19). The smallest absolute Gasteiger partial charge is 0.358 e. The molecule has 19 heavy (non-hydrogen) atoms. The zero-order valence-electron chi connectivity index (χ0n) is 11.5. The Bertz CT molecular complexity index is 422. The van der Waals surface area contributed by atoms with Crippen molar-refractivity contribution in [3.05, 3.63) is 11.9 Å². The highest BCUT2D eigenvalue weighted by Gasteiger charge is 2.23. The molecule has 1 fully saturated rings. The molecule has 106 valence electrons. The lowest BCUT2D eigenvalue weighted by Gasteiger charge is -2.32. The summed E-state index contributed by atoms with van der Waals surface area (Å²) in [6, 6.07) is 0.571. The van der Waals surface area contributed by atoms with Gasteiger partial charge in [0.2, 0.25) is 0 Å². The van der Waals surface area contributed by atoms with Gasteiger partial charge in [0.25, 0.3) is 0 Å². The Balaban J connectivity index is 1.75. The van der Waals surface area contributed by atoms with Crippen LogP contribution >= 0.6 is 0 Å². The highest BCUT2D eigenvalue weighted by atomic mass is 16.4. The van der Waals surface area contributed by atoms with Crippen LogP contribution in [0.15, 0.2) is 6.20 Å². The van der Waals surface area contributed by atoms with Gasteiger partial charge in [0.05, 0.1) is 12.7 Å². The van der Waals surface area contributed by atoms with Crippen LogP contribution in [0.3, 0.4) is 0 Å². The highest BCUT2D eigenvalue weighted by Crippen LogP contribution is 2.28. The lowest BCUT2D eigenvalue weighted by molar-refractivity contribution is 0.0690. The molecule has 6 heteroatoms. The Morgan fingerprint density at radius 3 is 2.68 bits per heavy atom. The van der Waals surface area contributed by atoms with Gasteiger partial charge >= 0.3 is 5.97 Å². The number of carboxylic acids is 1. The summed E-state index contributed by atoms with van der Waals surface area (Å²) in [6.45, 7) is 6.06. The number of aromatic nitrogens is 3. The largest absolute Gasteiger partial charge is 0.476 e. The molecule has 1 saturated carbocycles. The summed E-state index contributed by atoms with van der Waals surface area (Å²) in [4.78, 5) is 10.7. The van der Waals surface area contributed by atoms with Gasteiger partial charge in [0.15, 0.2) is 5.69 Å². The average molecular weight is 266 g/mol. The van der Waals surface area contributed by atoms with E-state index in [0.717, 1.165) is 18.4 Å². The molecular weight excluding hydrogens is 244 g/mol. The molecule has 1 aromatic rings. The van der Waals surface area contributed by atoms with Crippen LogP contribution in [0.25, 0.3) is 0 Å². The number of aromatic carboxylic acids is 1. The van der Waals surface area contributed by atoms with Crippen molar-refractivity contribution in [2.24, 2.45) is 11.8 Å². The normalized spacial score (nSPS) is 27.4. The quantitative estimate of drug-likeness (QED) is 0.842. The van der Waals surface area contributed by atoms with Gasteiger partial charge in [-0.15, -0.1) is 5.10 Å². The Kier molecular flexibility index (Phi) is 4.52. The maximum Gasteiger partial charge on any atom is 0.358 e. The van der Waals surface area contributed by atoms with Gasteiger partial charge in [-0.25, -0.2) is 4.79 Å². The van der Waals surface area contributed by atoms with Gasteiger partial charge in [0.1, 0.15) is 0 Å². The predicted octanol–water partition coefficient (Wildman–Crippen LogP) is 1.39. The van der Waals surface area contributed by atoms with E-state index in [9.17, 15) is 4.79 Å². The van der Waals surface area contributed by atoms with Crippen molar-refractivity contribution in [1.82, 2.24) is 20.3 Å². The van der Waals surface area contributed by atoms with Gasteiger partial charge in [0, 0.05) is 12.6 Å². The molecule has 2 N–H and O–H groups in total. The molecule has 2 rings (SSSR count). The number of hydrogen-bond donors (Lipinski definition) is 2. The second-order valence-electron chi connectivity index (χ2n) is 5.74. The minimum atomic E-state index is -1.03. The third-order valence-electron chi connectivity index (χ3n) is 3.71. The van der Waals surface area contributed by atoms with E-state index in [1.165, 1.54) is 25.5 Å². The average Bonchev–Trinajstić information content (AvgIpc) is 2.76. The maximum atomic E-state index is 10.7. The van der Waals surface area contributed by atoms with Crippen LogP contribution in [0.1, 0.15) is 43.6 Å². The SMILES string of the molecule is CC1CC(C)CC(NCCn2cc(C(=O)O)nn2)C1. The second-order valence-corrected chi connectivity index (χ2v) is 5.74. The van der Waals surface area contributed by atoms with Crippen molar-refractivity contribution < 1.29 is 9.90 Å². The van der Waals surface area contributed by atoms with Gasteiger partial charge in [-0.1, -0.05) is 19.1 Å². The van der Waals surface area contributed by atoms with Gasteiger partial charge < -0.3 is 10.4 Å². The Morgan fingerprint density at radius 2 is 2.11 bits per heavy atom. The highest BCUT2D eigenvalue weighted by molar-refractivity contribution is 5.84.